The average Bonchev–Trinajstić information content (AvgIpc) is 2.71. The van der Waals surface area contributed by atoms with Crippen LogP contribution in [-0.4, -0.2) is 19.5 Å². The predicted molar refractivity (Wildman–Crippen MR) is 122 cm³/mol. The number of nitrogens with zero attached hydrogens (tertiary/aromatic N) is 4. The SMILES string of the molecule is Cc1cccc(-c2nc3c(cc2Cl)c(Cl)nc(=O)n3-c2c(C)ccnc2C(C)C)c1F. The number of aryl methyl sites for hydroxylation is 2. The molecule has 3 heterocycles. The number of hydrogen-bond donors (Lipinski definition) is 0. The quantitative estimate of drug-likeness (QED) is 0.353. The molecule has 0 saturated carbocycles. The van der Waals surface area contributed by atoms with E-state index in [0.29, 0.717) is 22.3 Å². The fourth-order valence-corrected chi connectivity index (χ4v) is 4.06. The van der Waals surface area contributed by atoms with Gasteiger partial charge < -0.3 is 0 Å². The van der Waals surface area contributed by atoms with E-state index in [-0.39, 0.29) is 33.0 Å². The fraction of sp³-hybridized carbons (Fsp3) is 0.217. The van der Waals surface area contributed by atoms with Crippen LogP contribution < -0.4 is 5.69 Å². The maximum absolute atomic E-state index is 14.9. The highest BCUT2D eigenvalue weighted by Crippen LogP contribution is 2.34. The van der Waals surface area contributed by atoms with Gasteiger partial charge in [0.25, 0.3) is 0 Å². The molecule has 31 heavy (non-hydrogen) atoms. The molecule has 158 valence electrons. The van der Waals surface area contributed by atoms with E-state index in [1.807, 2.05) is 26.8 Å². The van der Waals surface area contributed by atoms with Crippen molar-refractivity contribution in [3.63, 3.8) is 0 Å². The van der Waals surface area contributed by atoms with Gasteiger partial charge in [-0.1, -0.05) is 49.2 Å². The summed E-state index contributed by atoms with van der Waals surface area (Å²) in [6.07, 6.45) is 1.70. The zero-order valence-corrected chi connectivity index (χ0v) is 18.9. The summed E-state index contributed by atoms with van der Waals surface area (Å²) in [5.41, 5.74) is 2.69. The maximum Gasteiger partial charge on any atom is 0.355 e. The summed E-state index contributed by atoms with van der Waals surface area (Å²) in [7, 11) is 0. The topological polar surface area (TPSA) is 60.7 Å². The minimum atomic E-state index is -0.596. The summed E-state index contributed by atoms with van der Waals surface area (Å²) in [6, 6.07) is 8.36. The third-order valence-corrected chi connectivity index (χ3v) is 5.72. The molecule has 0 unspecified atom stereocenters. The van der Waals surface area contributed by atoms with Gasteiger partial charge in [-0.3, -0.25) is 4.98 Å². The van der Waals surface area contributed by atoms with Gasteiger partial charge in [0.2, 0.25) is 0 Å². The Balaban J connectivity index is 2.17. The molecule has 4 rings (SSSR count). The molecule has 8 heteroatoms. The number of halogens is 3. The van der Waals surface area contributed by atoms with E-state index in [2.05, 4.69) is 15.0 Å². The lowest BCUT2D eigenvalue weighted by Gasteiger charge is -2.18. The average molecular weight is 457 g/mol. The minimum absolute atomic E-state index is 0.0189. The summed E-state index contributed by atoms with van der Waals surface area (Å²) in [6.45, 7) is 7.52. The molecule has 5 nitrogen and oxygen atoms in total. The van der Waals surface area contributed by atoms with Crippen molar-refractivity contribution in [2.45, 2.75) is 33.6 Å². The number of pyridine rings is 2. The zero-order valence-electron chi connectivity index (χ0n) is 17.4. The van der Waals surface area contributed by atoms with Crippen molar-refractivity contribution in [1.82, 2.24) is 19.5 Å². The van der Waals surface area contributed by atoms with Crippen LogP contribution in [-0.2, 0) is 0 Å². The third kappa shape index (κ3) is 3.60. The van der Waals surface area contributed by atoms with Crippen LogP contribution in [0.3, 0.4) is 0 Å². The first-order valence-corrected chi connectivity index (χ1v) is 10.5. The highest BCUT2D eigenvalue weighted by Gasteiger charge is 2.22. The Morgan fingerprint density at radius 1 is 1.06 bits per heavy atom. The van der Waals surface area contributed by atoms with E-state index in [0.717, 1.165) is 5.56 Å². The van der Waals surface area contributed by atoms with Gasteiger partial charge in [-0.2, -0.15) is 4.98 Å². The Morgan fingerprint density at radius 3 is 2.52 bits per heavy atom. The van der Waals surface area contributed by atoms with Crippen LogP contribution in [0, 0.1) is 19.7 Å². The van der Waals surface area contributed by atoms with Gasteiger partial charge in [0.05, 0.1) is 27.5 Å². The van der Waals surface area contributed by atoms with Gasteiger partial charge >= 0.3 is 5.69 Å². The van der Waals surface area contributed by atoms with Crippen LogP contribution in [0.5, 0.6) is 0 Å². The second kappa shape index (κ2) is 8.02. The molecule has 3 aromatic heterocycles. The maximum atomic E-state index is 14.9. The van der Waals surface area contributed by atoms with Crippen LogP contribution in [0.15, 0.2) is 41.3 Å². The van der Waals surface area contributed by atoms with Crippen molar-refractivity contribution in [2.75, 3.05) is 0 Å². The first-order chi connectivity index (χ1) is 14.7. The first-order valence-electron chi connectivity index (χ1n) is 9.70. The molecule has 0 bridgehead atoms. The molecule has 0 aliphatic rings. The van der Waals surface area contributed by atoms with Crippen molar-refractivity contribution in [3.05, 3.63) is 79.8 Å². The molecular weight excluding hydrogens is 438 g/mol. The molecule has 0 aliphatic heterocycles. The van der Waals surface area contributed by atoms with Gasteiger partial charge in [-0.25, -0.2) is 18.7 Å². The van der Waals surface area contributed by atoms with Gasteiger partial charge in [0.1, 0.15) is 11.0 Å². The van der Waals surface area contributed by atoms with E-state index in [9.17, 15) is 9.18 Å². The van der Waals surface area contributed by atoms with Gasteiger partial charge in [0, 0.05) is 11.8 Å². The Morgan fingerprint density at radius 2 is 1.81 bits per heavy atom. The van der Waals surface area contributed by atoms with Gasteiger partial charge in [0.15, 0.2) is 5.65 Å². The van der Waals surface area contributed by atoms with Crippen LogP contribution in [0.2, 0.25) is 10.2 Å². The Labute approximate surface area is 188 Å². The van der Waals surface area contributed by atoms with E-state index < -0.39 is 11.5 Å². The molecule has 0 aliphatic carbocycles. The van der Waals surface area contributed by atoms with E-state index >= 15 is 0 Å². The van der Waals surface area contributed by atoms with Crippen molar-refractivity contribution < 1.29 is 4.39 Å². The highest BCUT2D eigenvalue weighted by molar-refractivity contribution is 6.36. The van der Waals surface area contributed by atoms with E-state index in [1.54, 1.807) is 37.4 Å². The predicted octanol–water partition coefficient (Wildman–Crippen LogP) is 6.03. The van der Waals surface area contributed by atoms with E-state index in [1.165, 1.54) is 4.57 Å². The second-order valence-electron chi connectivity index (χ2n) is 7.66. The summed E-state index contributed by atoms with van der Waals surface area (Å²) < 4.78 is 16.2. The zero-order chi connectivity index (χ0) is 22.4. The molecule has 0 amide bonds. The second-order valence-corrected chi connectivity index (χ2v) is 8.43. The number of fused-ring (bicyclic) bond motifs is 1. The van der Waals surface area contributed by atoms with Crippen molar-refractivity contribution >= 4 is 34.2 Å². The molecule has 0 saturated heterocycles. The summed E-state index contributed by atoms with van der Waals surface area (Å²) in [5.74, 6) is -0.390. The van der Waals surface area contributed by atoms with Gasteiger partial charge in [-0.05, 0) is 49.1 Å². The smallest absolute Gasteiger partial charge is 0.259 e. The fourth-order valence-electron chi connectivity index (χ4n) is 3.59. The third-order valence-electron chi connectivity index (χ3n) is 5.15. The molecule has 0 atom stereocenters. The number of aromatic nitrogens is 4. The minimum Gasteiger partial charge on any atom is -0.259 e. The molecule has 1 aromatic carbocycles. The molecular formula is C23H19Cl2FN4O. The Kier molecular flexibility index (Phi) is 5.54. The van der Waals surface area contributed by atoms with Crippen LogP contribution >= 0.6 is 23.2 Å². The number of hydrogen-bond acceptors (Lipinski definition) is 4. The van der Waals surface area contributed by atoms with Crippen LogP contribution in [0.25, 0.3) is 28.0 Å². The highest BCUT2D eigenvalue weighted by atomic mass is 35.5. The van der Waals surface area contributed by atoms with Crippen LogP contribution in [0.1, 0.15) is 36.6 Å². The summed E-state index contributed by atoms with van der Waals surface area (Å²) in [4.78, 5) is 26.1. The first kappa shape index (κ1) is 21.4. The van der Waals surface area contributed by atoms with Crippen LogP contribution in [0.4, 0.5) is 4.39 Å². The number of benzene rings is 1. The van der Waals surface area contributed by atoms with E-state index in [4.69, 9.17) is 23.2 Å². The molecule has 0 fully saturated rings. The summed E-state index contributed by atoms with van der Waals surface area (Å²) in [5, 5.41) is 0.577. The van der Waals surface area contributed by atoms with Crippen molar-refractivity contribution in [2.24, 2.45) is 0 Å². The number of rotatable bonds is 3. The lowest BCUT2D eigenvalue weighted by atomic mass is 10.0. The Hall–Kier alpha value is -2.83. The molecule has 0 radical (unpaired) electrons. The lowest BCUT2D eigenvalue weighted by Crippen LogP contribution is -2.25. The monoisotopic (exact) mass is 456 g/mol. The molecule has 0 spiro atoms. The largest absolute Gasteiger partial charge is 0.355 e. The lowest BCUT2D eigenvalue weighted by molar-refractivity contribution is 0.621. The van der Waals surface area contributed by atoms with Crippen molar-refractivity contribution in [3.8, 4) is 16.9 Å². The standard InChI is InChI=1S/C23H19Cl2FN4O/c1-11(2)18-20(13(4)8-9-27-18)30-22-15(21(25)29-23(30)31)10-16(24)19(28-22)14-7-5-6-12(3)17(14)26/h5-11H,1-4H3. The summed E-state index contributed by atoms with van der Waals surface area (Å²) >= 11 is 12.7. The van der Waals surface area contributed by atoms with Crippen molar-refractivity contribution in [1.29, 1.82) is 0 Å². The van der Waals surface area contributed by atoms with Gasteiger partial charge in [-0.15, -0.1) is 0 Å². The molecule has 4 aromatic rings. The normalized spacial score (nSPS) is 11.5. The molecule has 0 N–H and O–H groups in total. The Bertz CT molecular complexity index is 1400.